The van der Waals surface area contributed by atoms with Crippen LogP contribution in [0.25, 0.3) is 0 Å². The molecule has 1 saturated carbocycles. The van der Waals surface area contributed by atoms with E-state index in [4.69, 9.17) is 0 Å². The predicted octanol–water partition coefficient (Wildman–Crippen LogP) is 2.25. The van der Waals surface area contributed by atoms with Gasteiger partial charge in [0.2, 0.25) is 0 Å². The van der Waals surface area contributed by atoms with Crippen molar-refractivity contribution in [3.8, 4) is 0 Å². The quantitative estimate of drug-likeness (QED) is 0.700. The van der Waals surface area contributed by atoms with E-state index in [1.165, 1.54) is 77.7 Å². The molecule has 0 aromatic carbocycles. The van der Waals surface area contributed by atoms with E-state index in [0.717, 1.165) is 5.92 Å². The van der Waals surface area contributed by atoms with Gasteiger partial charge in [-0.05, 0) is 51.2 Å². The summed E-state index contributed by atoms with van der Waals surface area (Å²) in [6.45, 7) is 6.42. The number of hydrogen-bond acceptors (Lipinski definition) is 2. The molecule has 0 spiro atoms. The van der Waals surface area contributed by atoms with Crippen molar-refractivity contribution in [2.45, 2.75) is 44.9 Å². The average Bonchev–Trinajstić information content (AvgIpc) is 2.79. The van der Waals surface area contributed by atoms with Crippen molar-refractivity contribution in [2.24, 2.45) is 5.92 Å². The Hall–Kier alpha value is -0.0800. The van der Waals surface area contributed by atoms with Crippen molar-refractivity contribution in [2.75, 3.05) is 32.7 Å². The van der Waals surface area contributed by atoms with Gasteiger partial charge in [-0.1, -0.05) is 19.3 Å². The van der Waals surface area contributed by atoms with Crippen LogP contribution in [-0.4, -0.2) is 37.6 Å². The smallest absolute Gasteiger partial charge is 0.0107 e. The second-order valence-corrected chi connectivity index (χ2v) is 5.26. The van der Waals surface area contributed by atoms with Crippen LogP contribution in [0.15, 0.2) is 0 Å². The highest BCUT2D eigenvalue weighted by Crippen LogP contribution is 2.23. The molecule has 0 aromatic heterocycles. The molecule has 2 fully saturated rings. The first kappa shape index (κ1) is 11.4. The maximum atomic E-state index is 3.63. The van der Waals surface area contributed by atoms with Crippen LogP contribution < -0.4 is 5.32 Å². The van der Waals surface area contributed by atoms with Crippen molar-refractivity contribution in [3.05, 3.63) is 0 Å². The fourth-order valence-electron chi connectivity index (χ4n) is 2.94. The van der Waals surface area contributed by atoms with E-state index >= 15 is 0 Å². The van der Waals surface area contributed by atoms with Gasteiger partial charge in [0.15, 0.2) is 0 Å². The molecule has 0 unspecified atom stereocenters. The molecule has 2 nitrogen and oxygen atoms in total. The van der Waals surface area contributed by atoms with Crippen molar-refractivity contribution >= 4 is 0 Å². The largest absolute Gasteiger partial charge is 0.315 e. The molecule has 1 N–H and O–H groups in total. The van der Waals surface area contributed by atoms with Crippen LogP contribution in [0, 0.1) is 5.92 Å². The minimum atomic E-state index is 0.992. The molecule has 1 aliphatic heterocycles. The van der Waals surface area contributed by atoms with Crippen LogP contribution in [0.2, 0.25) is 0 Å². The van der Waals surface area contributed by atoms with Gasteiger partial charge in [-0.2, -0.15) is 0 Å². The van der Waals surface area contributed by atoms with E-state index in [0.29, 0.717) is 0 Å². The molecule has 2 rings (SSSR count). The molecule has 0 amide bonds. The summed E-state index contributed by atoms with van der Waals surface area (Å²) in [6, 6.07) is 0. The lowest BCUT2D eigenvalue weighted by Gasteiger charge is -2.26. The zero-order chi connectivity index (χ0) is 10.3. The first-order valence-corrected chi connectivity index (χ1v) is 6.88. The van der Waals surface area contributed by atoms with E-state index in [1.807, 2.05) is 0 Å². The number of hydrogen-bond donors (Lipinski definition) is 1. The predicted molar refractivity (Wildman–Crippen MR) is 65.1 cm³/mol. The van der Waals surface area contributed by atoms with Gasteiger partial charge < -0.3 is 10.2 Å². The van der Waals surface area contributed by atoms with Crippen LogP contribution in [0.1, 0.15) is 44.9 Å². The van der Waals surface area contributed by atoms with Gasteiger partial charge in [-0.15, -0.1) is 0 Å². The summed E-state index contributed by atoms with van der Waals surface area (Å²) < 4.78 is 0. The minimum Gasteiger partial charge on any atom is -0.315 e. The van der Waals surface area contributed by atoms with Crippen LogP contribution in [0.3, 0.4) is 0 Å². The third-order valence-corrected chi connectivity index (χ3v) is 3.96. The lowest BCUT2D eigenvalue weighted by atomic mass is 10.1. The topological polar surface area (TPSA) is 15.3 Å². The van der Waals surface area contributed by atoms with Gasteiger partial charge in [0.1, 0.15) is 0 Å². The third-order valence-electron chi connectivity index (χ3n) is 3.96. The Morgan fingerprint density at radius 1 is 0.933 bits per heavy atom. The molecule has 88 valence electrons. The molecule has 2 aliphatic rings. The fourth-order valence-corrected chi connectivity index (χ4v) is 2.94. The number of nitrogens with one attached hydrogen (secondary N) is 1. The molecular formula is C13H26N2. The molecule has 1 heterocycles. The van der Waals surface area contributed by atoms with Crippen LogP contribution in [0.5, 0.6) is 0 Å². The van der Waals surface area contributed by atoms with Crippen LogP contribution in [0.4, 0.5) is 0 Å². The second kappa shape index (κ2) is 6.49. The normalized spacial score (nSPS) is 24.8. The Morgan fingerprint density at radius 2 is 1.67 bits per heavy atom. The number of piperidine rings is 1. The van der Waals surface area contributed by atoms with Gasteiger partial charge in [0.05, 0.1) is 0 Å². The highest BCUT2D eigenvalue weighted by Gasteiger charge is 2.14. The third kappa shape index (κ3) is 4.12. The van der Waals surface area contributed by atoms with Crippen molar-refractivity contribution in [3.63, 3.8) is 0 Å². The van der Waals surface area contributed by atoms with Crippen LogP contribution in [-0.2, 0) is 0 Å². The molecular weight excluding hydrogens is 184 g/mol. The fraction of sp³-hybridized carbons (Fsp3) is 1.00. The van der Waals surface area contributed by atoms with Crippen LogP contribution >= 0.6 is 0 Å². The lowest BCUT2D eigenvalue weighted by Crippen LogP contribution is -2.36. The highest BCUT2D eigenvalue weighted by atomic mass is 15.1. The Balaban J connectivity index is 1.47. The summed E-state index contributed by atoms with van der Waals surface area (Å²) in [5.74, 6) is 0.992. The van der Waals surface area contributed by atoms with Gasteiger partial charge in [-0.25, -0.2) is 0 Å². The maximum Gasteiger partial charge on any atom is 0.0107 e. The molecule has 2 heteroatoms. The number of rotatable bonds is 5. The summed E-state index contributed by atoms with van der Waals surface area (Å²) in [5.41, 5.74) is 0. The average molecular weight is 210 g/mol. The molecule has 1 saturated heterocycles. The van der Waals surface area contributed by atoms with Gasteiger partial charge in [0, 0.05) is 13.1 Å². The molecule has 1 aliphatic carbocycles. The summed E-state index contributed by atoms with van der Waals surface area (Å²) >= 11 is 0. The zero-order valence-corrected chi connectivity index (χ0v) is 10.0. The van der Waals surface area contributed by atoms with Crippen molar-refractivity contribution in [1.82, 2.24) is 10.2 Å². The SMILES string of the molecule is C1CCN(CCNCC2CCCC2)CC1. The van der Waals surface area contributed by atoms with Gasteiger partial charge in [0.25, 0.3) is 0 Å². The lowest BCUT2D eigenvalue weighted by molar-refractivity contribution is 0.228. The first-order valence-electron chi connectivity index (χ1n) is 6.88. The standard InChI is InChI=1S/C13H26N2/c1-4-9-15(10-5-1)11-8-14-12-13-6-2-3-7-13/h13-14H,1-12H2. The number of nitrogens with zero attached hydrogens (tertiary/aromatic N) is 1. The summed E-state index contributed by atoms with van der Waals surface area (Å²) in [7, 11) is 0. The maximum absolute atomic E-state index is 3.63. The van der Waals surface area contributed by atoms with E-state index in [1.54, 1.807) is 0 Å². The van der Waals surface area contributed by atoms with E-state index in [2.05, 4.69) is 10.2 Å². The number of likely N-dealkylation sites (tertiary alicyclic amines) is 1. The molecule has 0 atom stereocenters. The summed E-state index contributed by atoms with van der Waals surface area (Å²) in [5, 5.41) is 3.63. The highest BCUT2D eigenvalue weighted by molar-refractivity contribution is 4.70. The Kier molecular flexibility index (Phi) is 4.94. The van der Waals surface area contributed by atoms with E-state index in [-0.39, 0.29) is 0 Å². The summed E-state index contributed by atoms with van der Waals surface area (Å²) in [4.78, 5) is 2.62. The van der Waals surface area contributed by atoms with E-state index in [9.17, 15) is 0 Å². The van der Waals surface area contributed by atoms with E-state index < -0.39 is 0 Å². The molecule has 0 aromatic rings. The second-order valence-electron chi connectivity index (χ2n) is 5.26. The molecule has 15 heavy (non-hydrogen) atoms. The monoisotopic (exact) mass is 210 g/mol. The molecule has 0 radical (unpaired) electrons. The molecule has 0 bridgehead atoms. The van der Waals surface area contributed by atoms with Crippen molar-refractivity contribution < 1.29 is 0 Å². The first-order chi connectivity index (χ1) is 7.45. The minimum absolute atomic E-state index is 0.992. The van der Waals surface area contributed by atoms with Gasteiger partial charge in [-0.3, -0.25) is 0 Å². The Morgan fingerprint density at radius 3 is 2.40 bits per heavy atom. The van der Waals surface area contributed by atoms with Gasteiger partial charge >= 0.3 is 0 Å². The zero-order valence-electron chi connectivity index (χ0n) is 10.0. The Bertz CT molecular complexity index is 158. The summed E-state index contributed by atoms with van der Waals surface area (Å²) in [6.07, 6.45) is 10.2. The van der Waals surface area contributed by atoms with Crippen molar-refractivity contribution in [1.29, 1.82) is 0 Å². The Labute approximate surface area is 94.4 Å².